The molecule has 4 N–H and O–H groups in total. The summed E-state index contributed by atoms with van der Waals surface area (Å²) < 4.78 is 28.2. The summed E-state index contributed by atoms with van der Waals surface area (Å²) in [5, 5.41) is 15.6. The van der Waals surface area contributed by atoms with E-state index in [-0.39, 0.29) is 29.2 Å². The Labute approximate surface area is 237 Å². The van der Waals surface area contributed by atoms with Crippen molar-refractivity contribution in [3.63, 3.8) is 0 Å². The van der Waals surface area contributed by atoms with Gasteiger partial charge in [0, 0.05) is 55.9 Å². The molecule has 3 aromatic rings. The number of likely N-dealkylation sites (tertiary alicyclic amines) is 1. The SMILES string of the molecule is CS(=O)(=O)Nc1ccc(Cl)cc1C(=O)N1CCCCC1c1cc2nc(N3CCC3)cc(N3CC(N)C(O)C3)n2n1. The topological polar surface area (TPSA) is 149 Å². The molecule has 0 spiro atoms. The van der Waals surface area contributed by atoms with Gasteiger partial charge in [-0.1, -0.05) is 11.6 Å². The first-order valence-electron chi connectivity index (χ1n) is 13.5. The number of sulfonamides is 1. The van der Waals surface area contributed by atoms with Crippen LogP contribution in [0.25, 0.3) is 5.65 Å². The minimum absolute atomic E-state index is 0.184. The van der Waals surface area contributed by atoms with Crippen LogP contribution >= 0.6 is 11.6 Å². The quantitative estimate of drug-likeness (QED) is 0.392. The van der Waals surface area contributed by atoms with Gasteiger partial charge >= 0.3 is 0 Å². The summed E-state index contributed by atoms with van der Waals surface area (Å²) in [7, 11) is -3.61. The normalized spacial score (nSPS) is 23.5. The fourth-order valence-corrected chi connectivity index (χ4v) is 6.43. The van der Waals surface area contributed by atoms with Crippen LogP contribution in [0, 0.1) is 0 Å². The Morgan fingerprint density at radius 1 is 1.10 bits per heavy atom. The lowest BCUT2D eigenvalue weighted by Crippen LogP contribution is -2.39. The van der Waals surface area contributed by atoms with Crippen LogP contribution in [0.3, 0.4) is 0 Å². The van der Waals surface area contributed by atoms with Gasteiger partial charge in [-0.05, 0) is 43.9 Å². The van der Waals surface area contributed by atoms with E-state index >= 15 is 0 Å². The number of aliphatic hydroxyl groups excluding tert-OH is 1. The average molecular weight is 589 g/mol. The van der Waals surface area contributed by atoms with E-state index in [1.54, 1.807) is 15.5 Å². The van der Waals surface area contributed by atoms with E-state index in [1.807, 2.05) is 17.0 Å². The number of benzene rings is 1. The number of carbonyl (C=O) groups excluding carboxylic acids is 1. The van der Waals surface area contributed by atoms with E-state index in [1.165, 1.54) is 12.1 Å². The van der Waals surface area contributed by atoms with Gasteiger partial charge in [0.05, 0.1) is 35.3 Å². The number of carbonyl (C=O) groups is 1. The minimum Gasteiger partial charge on any atom is -0.390 e. The standard InChI is InChI=1S/C26H33ClN8O4S/c1-40(38,39)31-19-7-6-16(27)11-17(19)26(37)34-10-3-2-5-21(34)20-12-24-29-23(32-8-4-9-32)13-25(35(24)30-20)33-14-18(28)22(36)15-33/h6-7,11-13,18,21-22,31,36H,2-5,8-10,14-15,28H2,1H3. The molecule has 3 saturated heterocycles. The van der Waals surface area contributed by atoms with E-state index in [4.69, 9.17) is 27.4 Å². The molecule has 0 saturated carbocycles. The Balaban J connectivity index is 1.39. The monoisotopic (exact) mass is 588 g/mol. The molecule has 3 aliphatic heterocycles. The lowest BCUT2D eigenvalue weighted by molar-refractivity contribution is 0.0607. The molecule has 1 aromatic carbocycles. The van der Waals surface area contributed by atoms with E-state index < -0.39 is 16.1 Å². The van der Waals surface area contributed by atoms with Crippen LogP contribution < -0.4 is 20.3 Å². The van der Waals surface area contributed by atoms with Gasteiger partial charge in [-0.15, -0.1) is 0 Å². The maximum absolute atomic E-state index is 13.9. The van der Waals surface area contributed by atoms with Gasteiger partial charge in [0.25, 0.3) is 5.91 Å². The van der Waals surface area contributed by atoms with Gasteiger partial charge in [-0.3, -0.25) is 9.52 Å². The molecule has 0 aliphatic carbocycles. The largest absolute Gasteiger partial charge is 0.390 e. The molecule has 5 heterocycles. The molecular formula is C26H33ClN8O4S. The second-order valence-electron chi connectivity index (χ2n) is 10.9. The Bertz CT molecular complexity index is 1550. The number of halogens is 1. The van der Waals surface area contributed by atoms with E-state index in [2.05, 4.69) is 9.62 Å². The maximum Gasteiger partial charge on any atom is 0.256 e. The van der Waals surface area contributed by atoms with Crippen LogP contribution in [0.5, 0.6) is 0 Å². The summed E-state index contributed by atoms with van der Waals surface area (Å²) in [5.74, 6) is 1.33. The van der Waals surface area contributed by atoms with Crippen LogP contribution in [0.4, 0.5) is 17.3 Å². The van der Waals surface area contributed by atoms with Crippen molar-refractivity contribution in [3.05, 3.63) is 46.6 Å². The number of aliphatic hydroxyl groups is 1. The van der Waals surface area contributed by atoms with Gasteiger partial charge in [-0.2, -0.15) is 9.61 Å². The molecule has 6 rings (SSSR count). The molecule has 3 fully saturated rings. The third-order valence-corrected chi connectivity index (χ3v) is 8.69. The first kappa shape index (κ1) is 27.1. The summed E-state index contributed by atoms with van der Waals surface area (Å²) in [4.78, 5) is 24.8. The molecule has 3 unspecified atom stereocenters. The number of nitrogens with one attached hydrogen (secondary N) is 1. The van der Waals surface area contributed by atoms with Crippen LogP contribution in [0.2, 0.25) is 5.02 Å². The first-order chi connectivity index (χ1) is 19.1. The highest BCUT2D eigenvalue weighted by Crippen LogP contribution is 2.36. The van der Waals surface area contributed by atoms with Gasteiger partial charge in [0.2, 0.25) is 10.0 Å². The molecular weight excluding hydrogens is 556 g/mol. The molecule has 0 bridgehead atoms. The van der Waals surface area contributed by atoms with Crippen molar-refractivity contribution >= 4 is 50.5 Å². The van der Waals surface area contributed by atoms with Crippen molar-refractivity contribution in [2.75, 3.05) is 53.5 Å². The number of fused-ring (bicyclic) bond motifs is 1. The Morgan fingerprint density at radius 2 is 1.90 bits per heavy atom. The van der Waals surface area contributed by atoms with Crippen LogP contribution in [0.1, 0.15) is 47.8 Å². The van der Waals surface area contributed by atoms with E-state index in [9.17, 15) is 18.3 Å². The van der Waals surface area contributed by atoms with E-state index in [0.29, 0.717) is 42.4 Å². The summed E-state index contributed by atoms with van der Waals surface area (Å²) in [5.41, 5.74) is 7.86. The Hall–Kier alpha value is -3.13. The van der Waals surface area contributed by atoms with Crippen molar-refractivity contribution in [3.8, 4) is 0 Å². The summed E-state index contributed by atoms with van der Waals surface area (Å²) in [6, 6.07) is 7.77. The number of amides is 1. The van der Waals surface area contributed by atoms with Crippen molar-refractivity contribution < 1.29 is 18.3 Å². The van der Waals surface area contributed by atoms with Gasteiger partial charge in [0.15, 0.2) is 5.65 Å². The number of β-amino-alcohol motifs (C(OH)–C–C–N with tert-alkyl or cyclic N) is 1. The van der Waals surface area contributed by atoms with Crippen LogP contribution in [-0.2, 0) is 10.0 Å². The number of anilines is 3. The Morgan fingerprint density at radius 3 is 2.58 bits per heavy atom. The maximum atomic E-state index is 13.9. The van der Waals surface area contributed by atoms with Gasteiger partial charge in [-0.25, -0.2) is 13.4 Å². The summed E-state index contributed by atoms with van der Waals surface area (Å²) in [6.45, 7) is 3.25. The zero-order chi connectivity index (χ0) is 28.2. The number of hydrogen-bond donors (Lipinski definition) is 3. The molecule has 214 valence electrons. The van der Waals surface area contributed by atoms with Crippen molar-refractivity contribution in [1.82, 2.24) is 19.5 Å². The van der Waals surface area contributed by atoms with Crippen molar-refractivity contribution in [1.29, 1.82) is 0 Å². The highest BCUT2D eigenvalue weighted by molar-refractivity contribution is 7.92. The fraction of sp³-hybridized carbons (Fsp3) is 0.500. The lowest BCUT2D eigenvalue weighted by Gasteiger charge is -2.35. The highest BCUT2D eigenvalue weighted by atomic mass is 35.5. The highest BCUT2D eigenvalue weighted by Gasteiger charge is 2.34. The molecule has 12 nitrogen and oxygen atoms in total. The number of piperidine rings is 1. The third-order valence-electron chi connectivity index (χ3n) is 7.86. The first-order valence-corrected chi connectivity index (χ1v) is 15.8. The van der Waals surface area contributed by atoms with Crippen molar-refractivity contribution in [2.24, 2.45) is 5.73 Å². The lowest BCUT2D eigenvalue weighted by atomic mass is 9.98. The molecule has 2 aromatic heterocycles. The number of aromatic nitrogens is 3. The average Bonchev–Trinajstić information content (AvgIpc) is 3.45. The number of rotatable bonds is 6. The molecule has 14 heteroatoms. The van der Waals surface area contributed by atoms with E-state index in [0.717, 1.165) is 50.2 Å². The fourth-order valence-electron chi connectivity index (χ4n) is 5.68. The second kappa shape index (κ2) is 10.4. The van der Waals surface area contributed by atoms with Crippen molar-refractivity contribution in [2.45, 2.75) is 43.9 Å². The zero-order valence-electron chi connectivity index (χ0n) is 22.2. The minimum atomic E-state index is -3.61. The molecule has 3 atom stereocenters. The molecule has 1 amide bonds. The van der Waals surface area contributed by atoms with Crippen LogP contribution in [0.15, 0.2) is 30.3 Å². The third kappa shape index (κ3) is 5.18. The predicted octanol–water partition coefficient (Wildman–Crippen LogP) is 1.84. The second-order valence-corrected chi connectivity index (χ2v) is 13.0. The smallest absolute Gasteiger partial charge is 0.256 e. The molecule has 0 radical (unpaired) electrons. The molecule has 3 aliphatic rings. The summed E-state index contributed by atoms with van der Waals surface area (Å²) >= 11 is 6.23. The zero-order valence-corrected chi connectivity index (χ0v) is 23.8. The number of nitrogens with two attached hydrogens (primary N) is 1. The summed E-state index contributed by atoms with van der Waals surface area (Å²) in [6.07, 6.45) is 3.95. The number of hydrogen-bond acceptors (Lipinski definition) is 9. The predicted molar refractivity (Wildman–Crippen MR) is 154 cm³/mol. The number of nitrogens with zero attached hydrogens (tertiary/aromatic N) is 6. The molecule has 40 heavy (non-hydrogen) atoms. The Kier molecular flexibility index (Phi) is 7.01. The van der Waals surface area contributed by atoms with Gasteiger partial charge < -0.3 is 25.5 Å². The van der Waals surface area contributed by atoms with Crippen LogP contribution in [-0.4, -0.2) is 90.1 Å². The van der Waals surface area contributed by atoms with Gasteiger partial charge in [0.1, 0.15) is 11.6 Å².